The Morgan fingerprint density at radius 3 is 2.71 bits per heavy atom. The number of benzene rings is 1. The molecule has 1 aromatic rings. The Bertz CT molecular complexity index is 428. The predicted octanol–water partition coefficient (Wildman–Crippen LogP) is 2.30. The standard InChI is InChI=1S/C12H12F2O3/c1-16-12(15)7-4-9(5-7)17-11-6-8(13)2-3-10(11)14/h2-3,6-7,9H,4-5H2,1H3. The minimum Gasteiger partial charge on any atom is -0.487 e. The summed E-state index contributed by atoms with van der Waals surface area (Å²) in [5.41, 5.74) is 0. The lowest BCUT2D eigenvalue weighted by atomic mass is 9.82. The molecule has 2 rings (SSSR count). The topological polar surface area (TPSA) is 35.5 Å². The van der Waals surface area contributed by atoms with Crippen LogP contribution in [0.1, 0.15) is 12.8 Å². The van der Waals surface area contributed by atoms with Crippen molar-refractivity contribution in [2.24, 2.45) is 5.92 Å². The van der Waals surface area contributed by atoms with E-state index in [1.54, 1.807) is 0 Å². The van der Waals surface area contributed by atoms with E-state index in [2.05, 4.69) is 4.74 Å². The Labute approximate surface area is 97.3 Å². The van der Waals surface area contributed by atoms with Crippen LogP contribution < -0.4 is 4.74 Å². The van der Waals surface area contributed by atoms with E-state index in [4.69, 9.17) is 4.74 Å². The fourth-order valence-electron chi connectivity index (χ4n) is 1.77. The molecule has 0 bridgehead atoms. The number of ether oxygens (including phenoxy) is 2. The molecule has 0 aromatic heterocycles. The molecule has 0 unspecified atom stereocenters. The quantitative estimate of drug-likeness (QED) is 0.763. The van der Waals surface area contributed by atoms with Crippen molar-refractivity contribution >= 4 is 5.97 Å². The van der Waals surface area contributed by atoms with Gasteiger partial charge in [-0.05, 0) is 25.0 Å². The maximum absolute atomic E-state index is 13.2. The van der Waals surface area contributed by atoms with Gasteiger partial charge in [0.05, 0.1) is 13.0 Å². The van der Waals surface area contributed by atoms with Gasteiger partial charge in [0.1, 0.15) is 11.9 Å². The lowest BCUT2D eigenvalue weighted by Gasteiger charge is -2.33. The first-order chi connectivity index (χ1) is 8.10. The number of hydrogen-bond acceptors (Lipinski definition) is 3. The Balaban J connectivity index is 1.91. The predicted molar refractivity (Wildman–Crippen MR) is 55.5 cm³/mol. The van der Waals surface area contributed by atoms with Gasteiger partial charge in [-0.1, -0.05) is 0 Å². The number of methoxy groups -OCH3 is 1. The van der Waals surface area contributed by atoms with Crippen molar-refractivity contribution in [2.45, 2.75) is 18.9 Å². The SMILES string of the molecule is COC(=O)C1CC(Oc2cc(F)ccc2F)C1. The van der Waals surface area contributed by atoms with E-state index >= 15 is 0 Å². The molecule has 5 heteroatoms. The van der Waals surface area contributed by atoms with Gasteiger partial charge in [0, 0.05) is 6.07 Å². The fourth-order valence-corrected chi connectivity index (χ4v) is 1.77. The van der Waals surface area contributed by atoms with Crippen molar-refractivity contribution in [3.8, 4) is 5.75 Å². The van der Waals surface area contributed by atoms with E-state index in [1.165, 1.54) is 7.11 Å². The zero-order valence-corrected chi connectivity index (χ0v) is 9.28. The highest BCUT2D eigenvalue weighted by Crippen LogP contribution is 2.33. The highest BCUT2D eigenvalue weighted by molar-refractivity contribution is 5.73. The van der Waals surface area contributed by atoms with Gasteiger partial charge in [0.15, 0.2) is 11.6 Å². The van der Waals surface area contributed by atoms with Crippen molar-refractivity contribution in [3.63, 3.8) is 0 Å². The second-order valence-corrected chi connectivity index (χ2v) is 4.01. The molecule has 92 valence electrons. The van der Waals surface area contributed by atoms with Crippen molar-refractivity contribution in [1.82, 2.24) is 0 Å². The average Bonchev–Trinajstić information content (AvgIpc) is 2.26. The third-order valence-corrected chi connectivity index (χ3v) is 2.82. The molecule has 1 saturated carbocycles. The molecular weight excluding hydrogens is 230 g/mol. The van der Waals surface area contributed by atoms with E-state index in [0.29, 0.717) is 12.8 Å². The summed E-state index contributed by atoms with van der Waals surface area (Å²) in [6.45, 7) is 0. The Hall–Kier alpha value is -1.65. The second kappa shape index (κ2) is 4.69. The van der Waals surface area contributed by atoms with E-state index in [9.17, 15) is 13.6 Å². The molecule has 0 heterocycles. The Kier molecular flexibility index (Phi) is 3.26. The molecule has 3 nitrogen and oxygen atoms in total. The van der Waals surface area contributed by atoms with Crippen LogP contribution in [0.2, 0.25) is 0 Å². The highest BCUT2D eigenvalue weighted by Gasteiger charge is 2.37. The van der Waals surface area contributed by atoms with E-state index < -0.39 is 11.6 Å². The molecule has 0 radical (unpaired) electrons. The summed E-state index contributed by atoms with van der Waals surface area (Å²) in [6, 6.07) is 3.04. The lowest BCUT2D eigenvalue weighted by molar-refractivity contribution is -0.151. The molecule has 17 heavy (non-hydrogen) atoms. The number of esters is 1. The molecule has 0 amide bonds. The van der Waals surface area contributed by atoms with Crippen LogP contribution in [-0.2, 0) is 9.53 Å². The van der Waals surface area contributed by atoms with Crippen molar-refractivity contribution in [1.29, 1.82) is 0 Å². The highest BCUT2D eigenvalue weighted by atomic mass is 19.1. The summed E-state index contributed by atoms with van der Waals surface area (Å²) in [6.07, 6.45) is 0.695. The van der Waals surface area contributed by atoms with Crippen LogP contribution in [-0.4, -0.2) is 19.2 Å². The molecular formula is C12H12F2O3. The van der Waals surface area contributed by atoms with Gasteiger partial charge in [-0.25, -0.2) is 8.78 Å². The molecule has 1 aliphatic rings. The summed E-state index contributed by atoms with van der Waals surface area (Å²) in [4.78, 5) is 11.1. The van der Waals surface area contributed by atoms with E-state index in [-0.39, 0.29) is 23.7 Å². The third kappa shape index (κ3) is 2.54. The van der Waals surface area contributed by atoms with Gasteiger partial charge in [0.2, 0.25) is 0 Å². The fraction of sp³-hybridized carbons (Fsp3) is 0.417. The van der Waals surface area contributed by atoms with Crippen LogP contribution in [0, 0.1) is 17.6 Å². The largest absolute Gasteiger partial charge is 0.487 e. The number of carbonyl (C=O) groups excluding carboxylic acids is 1. The number of halogens is 2. The normalized spacial score (nSPS) is 22.8. The molecule has 1 aromatic carbocycles. The molecule has 0 aliphatic heterocycles. The van der Waals surface area contributed by atoms with E-state index in [0.717, 1.165) is 18.2 Å². The van der Waals surface area contributed by atoms with Crippen LogP contribution in [0.25, 0.3) is 0 Å². The maximum Gasteiger partial charge on any atom is 0.308 e. The van der Waals surface area contributed by atoms with E-state index in [1.807, 2.05) is 0 Å². The van der Waals surface area contributed by atoms with Crippen LogP contribution in [0.3, 0.4) is 0 Å². The summed E-state index contributed by atoms with van der Waals surface area (Å²) < 4.78 is 35.9. The van der Waals surface area contributed by atoms with Gasteiger partial charge in [-0.15, -0.1) is 0 Å². The van der Waals surface area contributed by atoms with Gasteiger partial charge in [0.25, 0.3) is 0 Å². The number of rotatable bonds is 3. The summed E-state index contributed by atoms with van der Waals surface area (Å²) in [7, 11) is 1.32. The molecule has 0 spiro atoms. The zero-order chi connectivity index (χ0) is 12.4. The monoisotopic (exact) mass is 242 g/mol. The summed E-state index contributed by atoms with van der Waals surface area (Å²) >= 11 is 0. The zero-order valence-electron chi connectivity index (χ0n) is 9.28. The second-order valence-electron chi connectivity index (χ2n) is 4.01. The van der Waals surface area contributed by atoms with Crippen LogP contribution in [0.5, 0.6) is 5.75 Å². The van der Waals surface area contributed by atoms with Gasteiger partial charge >= 0.3 is 5.97 Å². The lowest BCUT2D eigenvalue weighted by Crippen LogP contribution is -2.39. The average molecular weight is 242 g/mol. The minimum absolute atomic E-state index is 0.113. The summed E-state index contributed by atoms with van der Waals surface area (Å²) in [5.74, 6) is -1.75. The molecule has 1 aliphatic carbocycles. The molecule has 0 saturated heterocycles. The first-order valence-electron chi connectivity index (χ1n) is 5.29. The van der Waals surface area contributed by atoms with Crippen molar-refractivity contribution in [3.05, 3.63) is 29.8 Å². The number of carbonyl (C=O) groups is 1. The summed E-state index contributed by atoms with van der Waals surface area (Å²) in [5, 5.41) is 0. The first kappa shape index (κ1) is 11.8. The Morgan fingerprint density at radius 2 is 2.06 bits per heavy atom. The Morgan fingerprint density at radius 1 is 1.35 bits per heavy atom. The maximum atomic E-state index is 13.2. The smallest absolute Gasteiger partial charge is 0.308 e. The van der Waals surface area contributed by atoms with Gasteiger partial charge in [-0.3, -0.25) is 4.79 Å². The molecule has 0 N–H and O–H groups in total. The van der Waals surface area contributed by atoms with Gasteiger partial charge in [-0.2, -0.15) is 0 Å². The van der Waals surface area contributed by atoms with Crippen LogP contribution >= 0.6 is 0 Å². The van der Waals surface area contributed by atoms with Crippen LogP contribution in [0.4, 0.5) is 8.78 Å². The third-order valence-electron chi connectivity index (χ3n) is 2.82. The first-order valence-corrected chi connectivity index (χ1v) is 5.29. The van der Waals surface area contributed by atoms with Crippen molar-refractivity contribution < 1.29 is 23.0 Å². The van der Waals surface area contributed by atoms with Crippen molar-refractivity contribution in [2.75, 3.05) is 7.11 Å². The van der Waals surface area contributed by atoms with Gasteiger partial charge < -0.3 is 9.47 Å². The molecule has 1 fully saturated rings. The molecule has 0 atom stereocenters. The minimum atomic E-state index is -0.604. The number of hydrogen-bond donors (Lipinski definition) is 0. The van der Waals surface area contributed by atoms with Crippen LogP contribution in [0.15, 0.2) is 18.2 Å².